The van der Waals surface area contributed by atoms with Crippen molar-refractivity contribution in [1.82, 2.24) is 4.57 Å². The fourth-order valence-electron chi connectivity index (χ4n) is 2.43. The number of hydrogen-bond acceptors (Lipinski definition) is 4. The van der Waals surface area contributed by atoms with Crippen LogP contribution >= 0.6 is 12.2 Å². The van der Waals surface area contributed by atoms with Crippen molar-refractivity contribution in [2.24, 2.45) is 0 Å². The highest BCUT2D eigenvalue weighted by atomic mass is 32.1. The molecule has 3 N–H and O–H groups in total. The molecule has 2 rings (SSSR count). The lowest BCUT2D eigenvalue weighted by molar-refractivity contribution is 0.275. The summed E-state index contributed by atoms with van der Waals surface area (Å²) in [5.41, 5.74) is 8.61. The predicted molar refractivity (Wildman–Crippen MR) is 68.1 cm³/mol. The second kappa shape index (κ2) is 4.86. The van der Waals surface area contributed by atoms with Crippen molar-refractivity contribution in [2.45, 2.75) is 32.2 Å². The van der Waals surface area contributed by atoms with E-state index in [9.17, 15) is 5.26 Å². The molecule has 0 saturated heterocycles. The van der Waals surface area contributed by atoms with E-state index in [-0.39, 0.29) is 6.61 Å². The molecule has 4 nitrogen and oxygen atoms in total. The number of aliphatic hydroxyl groups excluding tert-OH is 1. The molecule has 0 spiro atoms. The van der Waals surface area contributed by atoms with Gasteiger partial charge in [0.1, 0.15) is 16.5 Å². The molecule has 1 aliphatic carbocycles. The van der Waals surface area contributed by atoms with Gasteiger partial charge in [-0.2, -0.15) is 5.26 Å². The summed E-state index contributed by atoms with van der Waals surface area (Å²) in [4.78, 5) is 0. The Morgan fingerprint density at radius 1 is 1.35 bits per heavy atom. The van der Waals surface area contributed by atoms with Crippen molar-refractivity contribution < 1.29 is 5.11 Å². The third-order valence-electron chi connectivity index (χ3n) is 3.26. The second-order valence-electron chi connectivity index (χ2n) is 4.22. The fraction of sp³-hybridized carbons (Fsp3) is 0.500. The van der Waals surface area contributed by atoms with Crippen LogP contribution in [0.3, 0.4) is 0 Å². The summed E-state index contributed by atoms with van der Waals surface area (Å²) >= 11 is 5.40. The Bertz CT molecular complexity index is 542. The van der Waals surface area contributed by atoms with Crippen molar-refractivity contribution >= 4 is 18.0 Å². The van der Waals surface area contributed by atoms with E-state index in [4.69, 9.17) is 23.1 Å². The molecule has 0 saturated carbocycles. The highest BCUT2D eigenvalue weighted by molar-refractivity contribution is 7.71. The number of nitrogen functional groups attached to an aromatic ring is 1. The third-order valence-corrected chi connectivity index (χ3v) is 3.72. The number of nitrogens with two attached hydrogens (primary N) is 1. The second-order valence-corrected chi connectivity index (χ2v) is 4.60. The summed E-state index contributed by atoms with van der Waals surface area (Å²) in [6, 6.07) is 2.18. The van der Waals surface area contributed by atoms with Crippen LogP contribution in [0.5, 0.6) is 0 Å². The summed E-state index contributed by atoms with van der Waals surface area (Å²) in [7, 11) is 0. The van der Waals surface area contributed by atoms with Crippen LogP contribution in [-0.2, 0) is 19.4 Å². The van der Waals surface area contributed by atoms with Crippen LogP contribution in [0.15, 0.2) is 0 Å². The monoisotopic (exact) mass is 249 g/mol. The van der Waals surface area contributed by atoms with E-state index in [1.807, 2.05) is 0 Å². The first-order valence-corrected chi connectivity index (χ1v) is 6.16. The van der Waals surface area contributed by atoms with Gasteiger partial charge < -0.3 is 15.4 Å². The maximum absolute atomic E-state index is 9.22. The van der Waals surface area contributed by atoms with Gasteiger partial charge in [0.05, 0.1) is 12.2 Å². The lowest BCUT2D eigenvalue weighted by atomic mass is 9.90. The quantitative estimate of drug-likeness (QED) is 0.780. The van der Waals surface area contributed by atoms with E-state index in [0.717, 1.165) is 36.8 Å². The first-order chi connectivity index (χ1) is 8.20. The average Bonchev–Trinajstić information content (AvgIpc) is 2.35. The smallest absolute Gasteiger partial charge is 0.122 e. The highest BCUT2D eigenvalue weighted by Crippen LogP contribution is 2.29. The van der Waals surface area contributed by atoms with Crippen molar-refractivity contribution in [3.63, 3.8) is 0 Å². The molecular weight excluding hydrogens is 234 g/mol. The van der Waals surface area contributed by atoms with Crippen LogP contribution in [0.4, 0.5) is 5.82 Å². The molecule has 5 heteroatoms. The fourth-order valence-corrected chi connectivity index (χ4v) is 2.84. The van der Waals surface area contributed by atoms with Gasteiger partial charge in [-0.05, 0) is 36.8 Å². The van der Waals surface area contributed by atoms with Gasteiger partial charge in [0, 0.05) is 6.54 Å². The van der Waals surface area contributed by atoms with E-state index in [0.29, 0.717) is 22.6 Å². The molecule has 0 aliphatic heterocycles. The van der Waals surface area contributed by atoms with Gasteiger partial charge in [0.25, 0.3) is 0 Å². The largest absolute Gasteiger partial charge is 0.395 e. The first-order valence-electron chi connectivity index (χ1n) is 5.75. The number of aromatic nitrogens is 1. The van der Waals surface area contributed by atoms with Crippen LogP contribution in [-0.4, -0.2) is 16.3 Å². The zero-order valence-corrected chi connectivity index (χ0v) is 10.4. The molecule has 17 heavy (non-hydrogen) atoms. The number of rotatable bonds is 2. The van der Waals surface area contributed by atoms with Gasteiger partial charge in [-0.3, -0.25) is 0 Å². The van der Waals surface area contributed by atoms with Gasteiger partial charge in [-0.15, -0.1) is 0 Å². The number of aliphatic hydroxyl groups is 1. The van der Waals surface area contributed by atoms with Crippen LogP contribution in [0.1, 0.15) is 29.5 Å². The molecule has 0 aromatic carbocycles. The van der Waals surface area contributed by atoms with E-state index in [1.54, 1.807) is 4.57 Å². The lowest BCUT2D eigenvalue weighted by Gasteiger charge is -2.22. The van der Waals surface area contributed by atoms with Crippen molar-refractivity contribution in [2.75, 3.05) is 12.3 Å². The van der Waals surface area contributed by atoms with E-state index >= 15 is 0 Å². The number of nitrogens with zero attached hydrogens (tertiary/aromatic N) is 2. The Morgan fingerprint density at radius 2 is 2.00 bits per heavy atom. The molecule has 0 unspecified atom stereocenters. The zero-order chi connectivity index (χ0) is 12.4. The standard InChI is InChI=1S/C12H15N3OS/c13-7-10-8-3-1-2-4-9(8)12(17)15(5-6-16)11(10)14/h16H,1-6,14H2. The molecular formula is C12H15N3OS. The topological polar surface area (TPSA) is 75.0 Å². The number of nitriles is 1. The van der Waals surface area contributed by atoms with Gasteiger partial charge >= 0.3 is 0 Å². The third kappa shape index (κ3) is 1.94. The summed E-state index contributed by atoms with van der Waals surface area (Å²) < 4.78 is 2.36. The number of fused-ring (bicyclic) bond motifs is 1. The van der Waals surface area contributed by atoms with Crippen LogP contribution < -0.4 is 5.73 Å². The van der Waals surface area contributed by atoms with Crippen LogP contribution in [0.2, 0.25) is 0 Å². The summed E-state index contributed by atoms with van der Waals surface area (Å²) in [6.07, 6.45) is 3.98. The van der Waals surface area contributed by atoms with Crippen molar-refractivity contribution in [3.05, 3.63) is 21.3 Å². The molecule has 0 atom stereocenters. The molecule has 90 valence electrons. The molecule has 0 amide bonds. The molecule has 0 fully saturated rings. The minimum absolute atomic E-state index is 0.0256. The highest BCUT2D eigenvalue weighted by Gasteiger charge is 2.20. The van der Waals surface area contributed by atoms with Gasteiger partial charge in [0.2, 0.25) is 0 Å². The molecule has 1 heterocycles. The van der Waals surface area contributed by atoms with Gasteiger partial charge in [-0.25, -0.2) is 0 Å². The van der Waals surface area contributed by atoms with Crippen molar-refractivity contribution in [3.8, 4) is 6.07 Å². The number of pyridine rings is 1. The van der Waals surface area contributed by atoms with E-state index in [2.05, 4.69) is 6.07 Å². The molecule has 1 aromatic rings. The van der Waals surface area contributed by atoms with E-state index < -0.39 is 0 Å². The summed E-state index contributed by atoms with van der Waals surface area (Å²) in [5, 5.41) is 18.2. The summed E-state index contributed by atoms with van der Waals surface area (Å²) in [6.45, 7) is 0.328. The normalized spacial score (nSPS) is 14.1. The SMILES string of the molecule is N#Cc1c2c(c(=S)n(CCO)c1N)CCCC2. The summed E-state index contributed by atoms with van der Waals surface area (Å²) in [5.74, 6) is 0.396. The minimum Gasteiger partial charge on any atom is -0.395 e. The lowest BCUT2D eigenvalue weighted by Crippen LogP contribution is -2.18. The van der Waals surface area contributed by atoms with E-state index in [1.165, 1.54) is 0 Å². The zero-order valence-electron chi connectivity index (χ0n) is 9.57. The Labute approximate surface area is 105 Å². The Hall–Kier alpha value is -1.38. The molecule has 1 aliphatic rings. The molecule has 0 radical (unpaired) electrons. The average molecular weight is 249 g/mol. The number of anilines is 1. The molecule has 0 bridgehead atoms. The van der Waals surface area contributed by atoms with Gasteiger partial charge in [0.15, 0.2) is 0 Å². The predicted octanol–water partition coefficient (Wildman–Crippen LogP) is 1.54. The molecule has 1 aromatic heterocycles. The Morgan fingerprint density at radius 3 is 2.59 bits per heavy atom. The minimum atomic E-state index is -0.0256. The van der Waals surface area contributed by atoms with Crippen molar-refractivity contribution in [1.29, 1.82) is 5.26 Å². The first kappa shape index (κ1) is 12.1. The van der Waals surface area contributed by atoms with Gasteiger partial charge in [-0.1, -0.05) is 12.2 Å². The van der Waals surface area contributed by atoms with Crippen LogP contribution in [0, 0.1) is 16.0 Å². The number of hydrogen-bond donors (Lipinski definition) is 2. The Balaban J connectivity index is 2.73. The maximum Gasteiger partial charge on any atom is 0.122 e. The van der Waals surface area contributed by atoms with Crippen LogP contribution in [0.25, 0.3) is 0 Å². The Kier molecular flexibility index (Phi) is 3.46. The maximum atomic E-state index is 9.22.